The lowest BCUT2D eigenvalue weighted by Gasteiger charge is -2.13. The van der Waals surface area contributed by atoms with E-state index in [1.54, 1.807) is 18.3 Å². The third kappa shape index (κ3) is 4.87. The minimum absolute atomic E-state index is 0.582. The van der Waals surface area contributed by atoms with E-state index in [0.717, 1.165) is 44.7 Å². The third-order valence-corrected chi connectivity index (χ3v) is 7.00. The van der Waals surface area contributed by atoms with Crippen molar-refractivity contribution in [2.45, 2.75) is 0 Å². The fourth-order valence-electron chi connectivity index (χ4n) is 4.86. The van der Waals surface area contributed by atoms with Gasteiger partial charge in [0.1, 0.15) is 5.69 Å². The Morgan fingerprint density at radius 1 is 0.452 bits per heavy atom. The van der Waals surface area contributed by atoms with E-state index in [9.17, 15) is 5.26 Å². The highest BCUT2D eigenvalue weighted by Gasteiger charge is 2.18. The lowest BCUT2D eigenvalue weighted by atomic mass is 10.0. The molecule has 4 aromatic carbocycles. The number of nitriles is 1. The van der Waals surface area contributed by atoms with Gasteiger partial charge in [0.05, 0.1) is 45.4 Å². The number of hydrogen-bond acceptors (Lipinski definition) is 6. The molecule has 0 atom stereocenters. The summed E-state index contributed by atoms with van der Waals surface area (Å²) in [4.78, 5) is 24.5. The minimum Gasteiger partial charge on any atom is -0.256 e. The maximum Gasteiger partial charge on any atom is 0.160 e. The predicted molar refractivity (Wildman–Crippen MR) is 165 cm³/mol. The van der Waals surface area contributed by atoms with E-state index in [-0.39, 0.29) is 0 Å². The second-order valence-electron chi connectivity index (χ2n) is 9.72. The fourth-order valence-corrected chi connectivity index (χ4v) is 4.86. The second-order valence-corrected chi connectivity index (χ2v) is 9.72. The van der Waals surface area contributed by atoms with Crippen molar-refractivity contribution in [1.29, 1.82) is 5.26 Å². The van der Waals surface area contributed by atoms with Gasteiger partial charge in [-0.3, -0.25) is 4.98 Å². The number of hydrogen-bond donors (Lipinski definition) is 0. The number of nitrogens with zero attached hydrogens (tertiary/aromatic N) is 6. The van der Waals surface area contributed by atoms with Gasteiger partial charge in [-0.2, -0.15) is 5.26 Å². The van der Waals surface area contributed by atoms with Crippen LogP contribution in [0, 0.1) is 11.3 Å². The molecule has 0 saturated heterocycles. The average molecular weight is 539 g/mol. The first-order chi connectivity index (χ1) is 20.7. The summed E-state index contributed by atoms with van der Waals surface area (Å²) in [6.07, 6.45) is 1.79. The van der Waals surface area contributed by atoms with Crippen LogP contribution in [0.15, 0.2) is 134 Å². The Balaban J connectivity index is 1.43. The molecule has 7 aromatic rings. The zero-order chi connectivity index (χ0) is 28.3. The molecular formula is C36H22N6. The molecule has 0 saturated carbocycles. The van der Waals surface area contributed by atoms with Crippen molar-refractivity contribution in [2.75, 3.05) is 0 Å². The number of fused-ring (bicyclic) bond motifs is 1. The summed E-state index contributed by atoms with van der Waals surface area (Å²) in [7, 11) is 0. The standard InChI is InChI=1S/C36H22N6/c37-23-24-13-15-27(16-14-24)34-35(40-31-12-5-4-11-30(31)39-34)33-22-32(41-36(42-33)28-8-2-1-3-9-28)26-19-17-25(18-20-26)29-10-6-7-21-38-29/h1-22H. The second kappa shape index (κ2) is 10.8. The Bertz CT molecular complexity index is 2070. The van der Waals surface area contributed by atoms with Crippen molar-refractivity contribution >= 4 is 11.0 Å². The first-order valence-electron chi connectivity index (χ1n) is 13.5. The molecule has 0 N–H and O–H groups in total. The molecule has 0 aliphatic rings. The maximum absolute atomic E-state index is 9.33. The average Bonchev–Trinajstić information content (AvgIpc) is 3.08. The monoisotopic (exact) mass is 538 g/mol. The number of aromatic nitrogens is 5. The van der Waals surface area contributed by atoms with Gasteiger partial charge in [0.25, 0.3) is 0 Å². The lowest BCUT2D eigenvalue weighted by molar-refractivity contribution is 1.16. The van der Waals surface area contributed by atoms with Gasteiger partial charge in [-0.15, -0.1) is 0 Å². The quantitative estimate of drug-likeness (QED) is 0.220. The minimum atomic E-state index is 0.582. The first-order valence-corrected chi connectivity index (χ1v) is 13.5. The smallest absolute Gasteiger partial charge is 0.160 e. The van der Waals surface area contributed by atoms with Crippen molar-refractivity contribution in [3.05, 3.63) is 139 Å². The lowest BCUT2D eigenvalue weighted by Crippen LogP contribution is -2.00. The van der Waals surface area contributed by atoms with Gasteiger partial charge in [-0.1, -0.05) is 84.9 Å². The van der Waals surface area contributed by atoms with E-state index in [2.05, 4.69) is 35.3 Å². The molecule has 3 aromatic heterocycles. The Labute approximate surface area is 242 Å². The molecule has 0 aliphatic heterocycles. The van der Waals surface area contributed by atoms with Gasteiger partial charge in [0.2, 0.25) is 0 Å². The predicted octanol–water partition coefficient (Wildman–Crippen LogP) is 8.02. The van der Waals surface area contributed by atoms with E-state index < -0.39 is 0 Å². The Morgan fingerprint density at radius 3 is 1.71 bits per heavy atom. The topological polar surface area (TPSA) is 88.2 Å². The number of benzene rings is 4. The van der Waals surface area contributed by atoms with Crippen LogP contribution in [0.3, 0.4) is 0 Å². The number of para-hydroxylation sites is 2. The van der Waals surface area contributed by atoms with Gasteiger partial charge < -0.3 is 0 Å². The molecule has 0 radical (unpaired) electrons. The van der Waals surface area contributed by atoms with Crippen LogP contribution in [-0.4, -0.2) is 24.9 Å². The van der Waals surface area contributed by atoms with Crippen molar-refractivity contribution in [1.82, 2.24) is 24.9 Å². The van der Waals surface area contributed by atoms with E-state index in [1.165, 1.54) is 0 Å². The third-order valence-electron chi connectivity index (χ3n) is 7.00. The molecule has 0 aliphatic carbocycles. The van der Waals surface area contributed by atoms with Crippen LogP contribution in [-0.2, 0) is 0 Å². The molecule has 0 spiro atoms. The maximum atomic E-state index is 9.33. The highest BCUT2D eigenvalue weighted by atomic mass is 14.9. The number of rotatable bonds is 5. The van der Waals surface area contributed by atoms with Crippen LogP contribution in [0.2, 0.25) is 0 Å². The summed E-state index contributed by atoms with van der Waals surface area (Å²) >= 11 is 0. The van der Waals surface area contributed by atoms with Gasteiger partial charge in [-0.25, -0.2) is 19.9 Å². The molecule has 6 nitrogen and oxygen atoms in total. The number of pyridine rings is 1. The highest BCUT2D eigenvalue weighted by Crippen LogP contribution is 2.34. The van der Waals surface area contributed by atoms with E-state index in [1.807, 2.05) is 91.0 Å². The summed E-state index contributed by atoms with van der Waals surface area (Å²) in [5.41, 5.74) is 9.53. The molecule has 42 heavy (non-hydrogen) atoms. The highest BCUT2D eigenvalue weighted by molar-refractivity contribution is 5.86. The van der Waals surface area contributed by atoms with Gasteiger partial charge >= 0.3 is 0 Å². The molecule has 6 heteroatoms. The van der Waals surface area contributed by atoms with Gasteiger partial charge in [0.15, 0.2) is 5.82 Å². The first kappa shape index (κ1) is 24.9. The molecule has 0 amide bonds. The summed E-state index contributed by atoms with van der Waals surface area (Å²) in [6, 6.07) is 43.4. The molecule has 3 heterocycles. The fraction of sp³-hybridized carbons (Fsp3) is 0. The van der Waals surface area contributed by atoms with E-state index >= 15 is 0 Å². The van der Waals surface area contributed by atoms with Crippen LogP contribution in [0.4, 0.5) is 0 Å². The largest absolute Gasteiger partial charge is 0.256 e. The summed E-state index contributed by atoms with van der Waals surface area (Å²) in [5.74, 6) is 0.595. The summed E-state index contributed by atoms with van der Waals surface area (Å²) in [6.45, 7) is 0. The SMILES string of the molecule is N#Cc1ccc(-c2nc3ccccc3nc2-c2cc(-c3ccc(-c4ccccn4)cc3)nc(-c3ccccc3)n2)cc1. The molecular weight excluding hydrogens is 516 g/mol. The van der Waals surface area contributed by atoms with Crippen LogP contribution in [0.25, 0.3) is 67.6 Å². The summed E-state index contributed by atoms with van der Waals surface area (Å²) in [5, 5.41) is 9.33. The molecule has 0 bridgehead atoms. The molecule has 0 unspecified atom stereocenters. The van der Waals surface area contributed by atoms with Crippen molar-refractivity contribution in [3.63, 3.8) is 0 Å². The van der Waals surface area contributed by atoms with Crippen LogP contribution >= 0.6 is 0 Å². The Kier molecular flexibility index (Phi) is 6.44. The Morgan fingerprint density at radius 2 is 1.05 bits per heavy atom. The molecule has 7 rings (SSSR count). The zero-order valence-corrected chi connectivity index (χ0v) is 22.4. The molecule has 0 fully saturated rings. The van der Waals surface area contributed by atoms with E-state index in [0.29, 0.717) is 28.5 Å². The summed E-state index contributed by atoms with van der Waals surface area (Å²) < 4.78 is 0. The van der Waals surface area contributed by atoms with E-state index in [4.69, 9.17) is 19.9 Å². The van der Waals surface area contributed by atoms with Gasteiger partial charge in [0, 0.05) is 28.5 Å². The Hall–Kier alpha value is -6.06. The van der Waals surface area contributed by atoms with Crippen LogP contribution in [0.1, 0.15) is 5.56 Å². The van der Waals surface area contributed by atoms with Crippen molar-refractivity contribution < 1.29 is 0 Å². The molecule has 196 valence electrons. The van der Waals surface area contributed by atoms with Crippen LogP contribution in [0.5, 0.6) is 0 Å². The normalized spacial score (nSPS) is 10.8. The zero-order valence-electron chi connectivity index (χ0n) is 22.4. The van der Waals surface area contributed by atoms with Crippen LogP contribution < -0.4 is 0 Å². The van der Waals surface area contributed by atoms with Gasteiger partial charge in [-0.05, 0) is 42.5 Å². The van der Waals surface area contributed by atoms with Crippen molar-refractivity contribution in [3.8, 4) is 62.6 Å². The van der Waals surface area contributed by atoms with Crippen molar-refractivity contribution in [2.24, 2.45) is 0 Å².